The first-order valence-electron chi connectivity index (χ1n) is 7.17. The van der Waals surface area contributed by atoms with Crippen molar-refractivity contribution in [3.63, 3.8) is 0 Å². The SMILES string of the molecule is COC(=O)c1ccc(N=NCc2ccc3ccccc3n2)cc1. The Labute approximate surface area is 133 Å². The fourth-order valence-electron chi connectivity index (χ4n) is 2.17. The first kappa shape index (κ1) is 14.8. The van der Waals surface area contributed by atoms with E-state index >= 15 is 0 Å². The van der Waals surface area contributed by atoms with Gasteiger partial charge in [0, 0.05) is 5.39 Å². The molecule has 0 N–H and O–H groups in total. The number of carbonyl (C=O) groups excluding carboxylic acids is 1. The van der Waals surface area contributed by atoms with Gasteiger partial charge < -0.3 is 4.74 Å². The first-order valence-corrected chi connectivity index (χ1v) is 7.17. The molecular formula is C18H15N3O2. The molecule has 3 aromatic rings. The van der Waals surface area contributed by atoms with E-state index in [0.29, 0.717) is 17.8 Å². The number of para-hydroxylation sites is 1. The molecule has 5 nitrogen and oxygen atoms in total. The zero-order valence-electron chi connectivity index (χ0n) is 12.6. The Morgan fingerprint density at radius 3 is 2.61 bits per heavy atom. The molecule has 0 spiro atoms. The number of ether oxygens (including phenoxy) is 1. The monoisotopic (exact) mass is 305 g/mol. The summed E-state index contributed by atoms with van der Waals surface area (Å²) in [4.78, 5) is 15.9. The number of hydrogen-bond acceptors (Lipinski definition) is 5. The summed E-state index contributed by atoms with van der Waals surface area (Å²) in [7, 11) is 1.35. The number of benzene rings is 2. The van der Waals surface area contributed by atoms with Gasteiger partial charge in [-0.25, -0.2) is 4.79 Å². The summed E-state index contributed by atoms with van der Waals surface area (Å²) in [5.74, 6) is -0.367. The summed E-state index contributed by atoms with van der Waals surface area (Å²) in [5, 5.41) is 9.40. The zero-order valence-corrected chi connectivity index (χ0v) is 12.6. The molecule has 0 aliphatic carbocycles. The van der Waals surface area contributed by atoms with Crippen molar-refractivity contribution in [1.82, 2.24) is 4.98 Å². The number of azo groups is 1. The lowest BCUT2D eigenvalue weighted by molar-refractivity contribution is 0.0601. The van der Waals surface area contributed by atoms with Gasteiger partial charge in [0.05, 0.1) is 29.6 Å². The number of methoxy groups -OCH3 is 1. The molecule has 0 saturated carbocycles. The van der Waals surface area contributed by atoms with Gasteiger partial charge in [0.2, 0.25) is 0 Å². The second-order valence-corrected chi connectivity index (χ2v) is 4.93. The summed E-state index contributed by atoms with van der Waals surface area (Å²) in [5.41, 5.74) is 2.97. The Morgan fingerprint density at radius 1 is 1.04 bits per heavy atom. The van der Waals surface area contributed by atoms with Crippen LogP contribution in [0.3, 0.4) is 0 Å². The summed E-state index contributed by atoms with van der Waals surface area (Å²) in [6.45, 7) is 0.406. The number of nitrogens with zero attached hydrogens (tertiary/aromatic N) is 3. The summed E-state index contributed by atoms with van der Waals surface area (Å²) in [6, 6.07) is 18.7. The van der Waals surface area contributed by atoms with E-state index in [9.17, 15) is 4.79 Å². The fourth-order valence-corrected chi connectivity index (χ4v) is 2.17. The van der Waals surface area contributed by atoms with Crippen LogP contribution < -0.4 is 0 Å². The van der Waals surface area contributed by atoms with Crippen LogP contribution in [0, 0.1) is 0 Å². The second kappa shape index (κ2) is 6.79. The number of hydrogen-bond donors (Lipinski definition) is 0. The van der Waals surface area contributed by atoms with Gasteiger partial charge in [0.15, 0.2) is 0 Å². The molecule has 0 amide bonds. The van der Waals surface area contributed by atoms with Crippen molar-refractivity contribution in [2.75, 3.05) is 7.11 Å². The summed E-state index contributed by atoms with van der Waals surface area (Å²) < 4.78 is 4.65. The van der Waals surface area contributed by atoms with Gasteiger partial charge in [-0.1, -0.05) is 24.3 Å². The van der Waals surface area contributed by atoms with Crippen LogP contribution in [0.5, 0.6) is 0 Å². The highest BCUT2D eigenvalue weighted by atomic mass is 16.5. The normalized spacial score (nSPS) is 11.0. The van der Waals surface area contributed by atoms with E-state index in [1.165, 1.54) is 7.11 Å². The highest BCUT2D eigenvalue weighted by molar-refractivity contribution is 5.89. The maximum absolute atomic E-state index is 11.3. The van der Waals surface area contributed by atoms with E-state index in [4.69, 9.17) is 0 Å². The van der Waals surface area contributed by atoms with Crippen molar-refractivity contribution in [3.05, 3.63) is 71.9 Å². The smallest absolute Gasteiger partial charge is 0.337 e. The lowest BCUT2D eigenvalue weighted by Gasteiger charge is -2.00. The molecular weight excluding hydrogens is 290 g/mol. The Hall–Kier alpha value is -3.08. The van der Waals surface area contributed by atoms with Gasteiger partial charge in [-0.05, 0) is 36.4 Å². The molecule has 0 fully saturated rings. The van der Waals surface area contributed by atoms with Crippen LogP contribution in [-0.2, 0) is 11.3 Å². The third kappa shape index (κ3) is 3.58. The van der Waals surface area contributed by atoms with Gasteiger partial charge in [-0.3, -0.25) is 4.98 Å². The molecule has 5 heteroatoms. The molecule has 1 aromatic heterocycles. The molecule has 1 heterocycles. The topological polar surface area (TPSA) is 63.9 Å². The average molecular weight is 305 g/mol. The standard InChI is InChI=1S/C18H15N3O2/c1-23-18(22)14-7-9-15(10-8-14)21-19-12-16-11-6-13-4-2-3-5-17(13)20-16/h2-11H,12H2,1H3. The van der Waals surface area contributed by atoms with Crippen LogP contribution in [-0.4, -0.2) is 18.1 Å². The van der Waals surface area contributed by atoms with Crippen LogP contribution >= 0.6 is 0 Å². The summed E-state index contributed by atoms with van der Waals surface area (Å²) >= 11 is 0. The summed E-state index contributed by atoms with van der Waals surface area (Å²) in [6.07, 6.45) is 0. The van der Waals surface area contributed by atoms with Crippen LogP contribution in [0.4, 0.5) is 5.69 Å². The molecule has 0 saturated heterocycles. The Bertz CT molecular complexity index is 858. The number of aromatic nitrogens is 1. The number of carbonyl (C=O) groups is 1. The van der Waals surface area contributed by atoms with E-state index in [2.05, 4.69) is 19.9 Å². The molecule has 0 atom stereocenters. The number of pyridine rings is 1. The van der Waals surface area contributed by atoms with Crippen molar-refractivity contribution >= 4 is 22.6 Å². The van der Waals surface area contributed by atoms with Crippen LogP contribution in [0.1, 0.15) is 16.1 Å². The van der Waals surface area contributed by atoms with E-state index in [1.54, 1.807) is 24.3 Å². The molecule has 0 bridgehead atoms. The number of fused-ring (bicyclic) bond motifs is 1. The van der Waals surface area contributed by atoms with Gasteiger partial charge in [-0.15, -0.1) is 0 Å². The van der Waals surface area contributed by atoms with E-state index in [-0.39, 0.29) is 5.97 Å². The molecule has 114 valence electrons. The Morgan fingerprint density at radius 2 is 1.83 bits per heavy atom. The highest BCUT2D eigenvalue weighted by Gasteiger charge is 2.03. The number of rotatable bonds is 4. The lowest BCUT2D eigenvalue weighted by atomic mass is 10.2. The van der Waals surface area contributed by atoms with Gasteiger partial charge in [-0.2, -0.15) is 10.2 Å². The predicted octanol–water partition coefficient (Wildman–Crippen LogP) is 4.31. The minimum Gasteiger partial charge on any atom is -0.465 e. The maximum Gasteiger partial charge on any atom is 0.337 e. The molecule has 23 heavy (non-hydrogen) atoms. The molecule has 0 aliphatic heterocycles. The van der Waals surface area contributed by atoms with Gasteiger partial charge in [0.1, 0.15) is 6.54 Å². The quantitative estimate of drug-likeness (QED) is 0.533. The van der Waals surface area contributed by atoms with E-state index < -0.39 is 0 Å². The highest BCUT2D eigenvalue weighted by Crippen LogP contribution is 2.16. The fraction of sp³-hybridized carbons (Fsp3) is 0.111. The van der Waals surface area contributed by atoms with E-state index in [0.717, 1.165) is 16.6 Å². The molecule has 0 radical (unpaired) electrons. The van der Waals surface area contributed by atoms with Crippen molar-refractivity contribution in [3.8, 4) is 0 Å². The van der Waals surface area contributed by atoms with Crippen molar-refractivity contribution in [2.24, 2.45) is 10.2 Å². The van der Waals surface area contributed by atoms with Gasteiger partial charge >= 0.3 is 5.97 Å². The van der Waals surface area contributed by atoms with E-state index in [1.807, 2.05) is 36.4 Å². The molecule has 3 rings (SSSR count). The van der Waals surface area contributed by atoms with Crippen LogP contribution in [0.25, 0.3) is 10.9 Å². The third-order valence-electron chi connectivity index (χ3n) is 3.36. The van der Waals surface area contributed by atoms with Crippen molar-refractivity contribution in [1.29, 1.82) is 0 Å². The minimum atomic E-state index is -0.367. The molecule has 2 aromatic carbocycles. The Balaban J connectivity index is 1.68. The van der Waals surface area contributed by atoms with Crippen LogP contribution in [0.15, 0.2) is 70.9 Å². The Kier molecular flexibility index (Phi) is 4.38. The molecule has 0 aliphatic rings. The lowest BCUT2D eigenvalue weighted by Crippen LogP contribution is -1.99. The average Bonchev–Trinajstić information content (AvgIpc) is 2.61. The van der Waals surface area contributed by atoms with Gasteiger partial charge in [0.25, 0.3) is 0 Å². The first-order chi connectivity index (χ1) is 11.3. The van der Waals surface area contributed by atoms with Crippen molar-refractivity contribution in [2.45, 2.75) is 6.54 Å². The third-order valence-corrected chi connectivity index (χ3v) is 3.36. The largest absolute Gasteiger partial charge is 0.465 e. The second-order valence-electron chi connectivity index (χ2n) is 4.93. The maximum atomic E-state index is 11.3. The predicted molar refractivity (Wildman–Crippen MR) is 87.7 cm³/mol. The number of esters is 1. The molecule has 0 unspecified atom stereocenters. The minimum absolute atomic E-state index is 0.367. The van der Waals surface area contributed by atoms with Crippen molar-refractivity contribution < 1.29 is 9.53 Å². The van der Waals surface area contributed by atoms with Crippen LogP contribution in [0.2, 0.25) is 0 Å². The zero-order chi connectivity index (χ0) is 16.1.